The van der Waals surface area contributed by atoms with Crippen molar-refractivity contribution in [3.63, 3.8) is 0 Å². The highest BCUT2D eigenvalue weighted by atomic mass is 16.6. The number of esters is 1. The van der Waals surface area contributed by atoms with Crippen LogP contribution in [0.15, 0.2) is 18.2 Å². The van der Waals surface area contributed by atoms with Crippen LogP contribution in [0.2, 0.25) is 0 Å². The van der Waals surface area contributed by atoms with Gasteiger partial charge in [0.25, 0.3) is 5.69 Å². The topological polar surface area (TPSA) is 104 Å². The molecule has 1 atom stereocenters. The van der Waals surface area contributed by atoms with Crippen molar-refractivity contribution in [2.24, 2.45) is 5.92 Å². The van der Waals surface area contributed by atoms with E-state index in [9.17, 15) is 24.5 Å². The minimum atomic E-state index is -1.63. The van der Waals surface area contributed by atoms with Gasteiger partial charge in [0.15, 0.2) is 17.5 Å². The van der Waals surface area contributed by atoms with Gasteiger partial charge in [-0.15, -0.1) is 0 Å². The highest BCUT2D eigenvalue weighted by molar-refractivity contribution is 6.22. The van der Waals surface area contributed by atoms with E-state index in [1.54, 1.807) is 20.8 Å². The van der Waals surface area contributed by atoms with Gasteiger partial charge in [-0.2, -0.15) is 0 Å². The van der Waals surface area contributed by atoms with Gasteiger partial charge >= 0.3 is 5.97 Å². The number of carbonyl (C=O) groups is 3. The Kier molecular flexibility index (Phi) is 5.37. The van der Waals surface area contributed by atoms with E-state index in [0.29, 0.717) is 0 Å². The molecule has 0 fully saturated rings. The fourth-order valence-corrected chi connectivity index (χ4v) is 2.06. The zero-order valence-corrected chi connectivity index (χ0v) is 13.7. The van der Waals surface area contributed by atoms with Gasteiger partial charge in [-0.05, 0) is 34.6 Å². The van der Waals surface area contributed by atoms with Crippen molar-refractivity contribution < 1.29 is 24.0 Å². The number of carbonyl (C=O) groups excluding carboxylic acids is 3. The Balaban J connectivity index is 3.28. The maximum Gasteiger partial charge on any atom is 0.325 e. The number of benzene rings is 1. The molecule has 23 heavy (non-hydrogen) atoms. The third-order valence-electron chi connectivity index (χ3n) is 3.08. The molecule has 0 radical (unpaired) electrons. The summed E-state index contributed by atoms with van der Waals surface area (Å²) in [5, 5.41) is 11.0. The van der Waals surface area contributed by atoms with Gasteiger partial charge in [0, 0.05) is 17.2 Å². The summed E-state index contributed by atoms with van der Waals surface area (Å²) in [6, 6.07) is 3.94. The van der Waals surface area contributed by atoms with Crippen LogP contribution in [-0.2, 0) is 14.3 Å². The molecule has 0 amide bonds. The minimum Gasteiger partial charge on any atom is -0.459 e. The number of hydrogen-bond acceptors (Lipinski definition) is 6. The van der Waals surface area contributed by atoms with Gasteiger partial charge in [-0.3, -0.25) is 24.5 Å². The molecule has 1 aromatic rings. The van der Waals surface area contributed by atoms with Crippen LogP contribution in [0.4, 0.5) is 5.69 Å². The SMILES string of the molecule is CC(=O)C(C(=O)OC(C)(C)C)C(=O)c1cccc([N+](=O)[O-])c1C. The zero-order chi connectivity index (χ0) is 17.9. The number of ketones is 2. The molecule has 1 rings (SSSR count). The highest BCUT2D eigenvalue weighted by Gasteiger charge is 2.37. The molecular formula is C16H19NO6. The van der Waals surface area contributed by atoms with Gasteiger partial charge in [0.05, 0.1) is 4.92 Å². The highest BCUT2D eigenvalue weighted by Crippen LogP contribution is 2.25. The quantitative estimate of drug-likeness (QED) is 0.271. The van der Waals surface area contributed by atoms with Gasteiger partial charge in [-0.1, -0.05) is 12.1 Å². The summed E-state index contributed by atoms with van der Waals surface area (Å²) in [4.78, 5) is 46.8. The number of nitro groups is 1. The monoisotopic (exact) mass is 321 g/mol. The van der Waals surface area contributed by atoms with E-state index < -0.39 is 34.0 Å². The molecule has 0 N–H and O–H groups in total. The van der Waals surface area contributed by atoms with E-state index in [1.165, 1.54) is 25.1 Å². The summed E-state index contributed by atoms with van der Waals surface area (Å²) in [6.45, 7) is 7.36. The Hall–Kier alpha value is -2.57. The molecule has 124 valence electrons. The van der Waals surface area contributed by atoms with Crippen LogP contribution >= 0.6 is 0 Å². The zero-order valence-electron chi connectivity index (χ0n) is 13.7. The van der Waals surface area contributed by atoms with Crippen LogP contribution in [-0.4, -0.2) is 28.1 Å². The van der Waals surface area contributed by atoms with Gasteiger partial charge in [0.1, 0.15) is 5.60 Å². The molecule has 0 aliphatic rings. The first kappa shape index (κ1) is 18.5. The molecule has 1 unspecified atom stereocenters. The predicted molar refractivity (Wildman–Crippen MR) is 82.2 cm³/mol. The second kappa shape index (κ2) is 6.68. The van der Waals surface area contributed by atoms with Crippen LogP contribution in [0.3, 0.4) is 0 Å². The first-order chi connectivity index (χ1) is 10.5. The Morgan fingerprint density at radius 3 is 2.22 bits per heavy atom. The molecule has 7 nitrogen and oxygen atoms in total. The lowest BCUT2D eigenvalue weighted by Gasteiger charge is -2.22. The van der Waals surface area contributed by atoms with E-state index in [4.69, 9.17) is 4.74 Å². The maximum absolute atomic E-state index is 12.6. The first-order valence-corrected chi connectivity index (χ1v) is 6.97. The standard InChI is InChI=1S/C16H19NO6/c1-9-11(7-6-8-12(9)17(21)22)14(19)13(10(2)18)15(20)23-16(3,4)5/h6-8,13H,1-5H3. The van der Waals surface area contributed by atoms with Crippen LogP contribution in [0, 0.1) is 23.0 Å². The second-order valence-corrected chi connectivity index (χ2v) is 6.15. The molecule has 0 heterocycles. The molecule has 0 aromatic heterocycles. The van der Waals surface area contributed by atoms with Crippen molar-refractivity contribution in [3.8, 4) is 0 Å². The summed E-state index contributed by atoms with van der Waals surface area (Å²) in [6.07, 6.45) is 0. The van der Waals surface area contributed by atoms with Crippen LogP contribution < -0.4 is 0 Å². The van der Waals surface area contributed by atoms with E-state index in [2.05, 4.69) is 0 Å². The van der Waals surface area contributed by atoms with E-state index in [1.807, 2.05) is 0 Å². The summed E-state index contributed by atoms with van der Waals surface area (Å²) < 4.78 is 5.11. The smallest absolute Gasteiger partial charge is 0.325 e. The minimum absolute atomic E-state index is 0.0368. The van der Waals surface area contributed by atoms with E-state index in [0.717, 1.165) is 6.92 Å². The average Bonchev–Trinajstić information content (AvgIpc) is 2.35. The predicted octanol–water partition coefficient (Wildman–Crippen LogP) is 2.63. The van der Waals surface area contributed by atoms with E-state index >= 15 is 0 Å². The normalized spacial score (nSPS) is 12.4. The number of ether oxygens (including phenoxy) is 1. The molecule has 1 aromatic carbocycles. The lowest BCUT2D eigenvalue weighted by molar-refractivity contribution is -0.385. The van der Waals surface area contributed by atoms with Crippen molar-refractivity contribution in [1.82, 2.24) is 0 Å². The van der Waals surface area contributed by atoms with Crippen molar-refractivity contribution in [1.29, 1.82) is 0 Å². The molecule has 0 bridgehead atoms. The molecule has 0 aliphatic carbocycles. The fraction of sp³-hybridized carbons (Fsp3) is 0.438. The summed E-state index contributed by atoms with van der Waals surface area (Å²) in [5.74, 6) is -4.06. The third kappa shape index (κ3) is 4.45. The maximum atomic E-state index is 12.6. The summed E-state index contributed by atoms with van der Waals surface area (Å²) in [7, 11) is 0. The van der Waals surface area contributed by atoms with Crippen LogP contribution in [0.1, 0.15) is 43.6 Å². The second-order valence-electron chi connectivity index (χ2n) is 6.15. The molecular weight excluding hydrogens is 302 g/mol. The molecule has 0 saturated carbocycles. The number of hydrogen-bond donors (Lipinski definition) is 0. The number of Topliss-reactive ketones (excluding diaryl/α,β-unsaturated/α-hetero) is 2. The lowest BCUT2D eigenvalue weighted by Crippen LogP contribution is -2.37. The largest absolute Gasteiger partial charge is 0.459 e. The summed E-state index contributed by atoms with van der Waals surface area (Å²) in [5.41, 5.74) is -1.03. The Morgan fingerprint density at radius 1 is 1.22 bits per heavy atom. The van der Waals surface area contributed by atoms with Gasteiger partial charge < -0.3 is 4.74 Å². The van der Waals surface area contributed by atoms with Crippen LogP contribution in [0.25, 0.3) is 0 Å². The number of nitro benzene ring substituents is 1. The average molecular weight is 321 g/mol. The Bertz CT molecular complexity index is 672. The van der Waals surface area contributed by atoms with Gasteiger partial charge in [0.2, 0.25) is 0 Å². The number of rotatable bonds is 5. The van der Waals surface area contributed by atoms with Crippen molar-refractivity contribution in [2.75, 3.05) is 0 Å². The lowest BCUT2D eigenvalue weighted by atomic mass is 9.91. The van der Waals surface area contributed by atoms with Crippen molar-refractivity contribution in [3.05, 3.63) is 39.4 Å². The first-order valence-electron chi connectivity index (χ1n) is 6.97. The fourth-order valence-electron chi connectivity index (χ4n) is 2.06. The Labute approximate surface area is 133 Å². The molecule has 0 spiro atoms. The van der Waals surface area contributed by atoms with E-state index in [-0.39, 0.29) is 16.8 Å². The molecule has 0 saturated heterocycles. The van der Waals surface area contributed by atoms with Crippen LogP contribution in [0.5, 0.6) is 0 Å². The Morgan fingerprint density at radius 2 is 1.78 bits per heavy atom. The molecule has 7 heteroatoms. The molecule has 0 aliphatic heterocycles. The third-order valence-corrected chi connectivity index (χ3v) is 3.08. The van der Waals surface area contributed by atoms with Crippen molar-refractivity contribution >= 4 is 23.2 Å². The van der Waals surface area contributed by atoms with Gasteiger partial charge in [-0.25, -0.2) is 0 Å². The number of nitrogens with zero attached hydrogens (tertiary/aromatic N) is 1. The summed E-state index contributed by atoms with van der Waals surface area (Å²) >= 11 is 0. The van der Waals surface area contributed by atoms with Crippen molar-refractivity contribution in [2.45, 2.75) is 40.2 Å².